The summed E-state index contributed by atoms with van der Waals surface area (Å²) < 4.78 is 7.35. The summed E-state index contributed by atoms with van der Waals surface area (Å²) in [6, 6.07) is 16.4. The van der Waals surface area contributed by atoms with E-state index < -0.39 is 0 Å². The predicted molar refractivity (Wildman–Crippen MR) is 127 cm³/mol. The summed E-state index contributed by atoms with van der Waals surface area (Å²) in [5, 5.41) is 8.56. The Morgan fingerprint density at radius 1 is 1.03 bits per heavy atom. The Bertz CT molecular complexity index is 1230. The van der Waals surface area contributed by atoms with Crippen molar-refractivity contribution in [2.75, 3.05) is 12.4 Å². The van der Waals surface area contributed by atoms with Gasteiger partial charge in [0.2, 0.25) is 0 Å². The number of aryl methyl sites for hydroxylation is 2. The Morgan fingerprint density at radius 2 is 1.72 bits per heavy atom. The van der Waals surface area contributed by atoms with E-state index in [4.69, 9.17) is 9.84 Å². The largest absolute Gasteiger partial charge is 0.497 e. The molecular formula is C27H29N3O2. The van der Waals surface area contributed by atoms with Gasteiger partial charge in [0.15, 0.2) is 5.78 Å². The first-order chi connectivity index (χ1) is 15.3. The van der Waals surface area contributed by atoms with Crippen molar-refractivity contribution in [2.45, 2.75) is 46.5 Å². The zero-order chi connectivity index (χ0) is 22.6. The van der Waals surface area contributed by atoms with Gasteiger partial charge in [-0.15, -0.1) is 0 Å². The number of hydrogen-bond donors (Lipinski definition) is 1. The highest BCUT2D eigenvalue weighted by Crippen LogP contribution is 2.50. The summed E-state index contributed by atoms with van der Waals surface area (Å²) >= 11 is 0. The Balaban J connectivity index is 1.73. The number of carbonyl (C=O) groups excluding carboxylic acids is 1. The van der Waals surface area contributed by atoms with Gasteiger partial charge in [-0.05, 0) is 55.5 Å². The lowest BCUT2D eigenvalue weighted by Crippen LogP contribution is -2.34. The Morgan fingerprint density at radius 3 is 2.38 bits per heavy atom. The number of aromatic nitrogens is 2. The van der Waals surface area contributed by atoms with E-state index in [2.05, 4.69) is 62.5 Å². The number of anilines is 1. The summed E-state index contributed by atoms with van der Waals surface area (Å²) in [5.41, 5.74) is 7.13. The van der Waals surface area contributed by atoms with Crippen LogP contribution in [0.1, 0.15) is 55.0 Å². The highest BCUT2D eigenvalue weighted by molar-refractivity contribution is 6.01. The summed E-state index contributed by atoms with van der Waals surface area (Å²) in [6.45, 7) is 8.44. The van der Waals surface area contributed by atoms with E-state index >= 15 is 0 Å². The summed E-state index contributed by atoms with van der Waals surface area (Å²) in [7, 11) is 1.67. The Labute approximate surface area is 189 Å². The number of benzene rings is 2. The highest BCUT2D eigenvalue weighted by Gasteiger charge is 2.42. The fourth-order valence-electron chi connectivity index (χ4n) is 5.08. The SMILES string of the molecule is COc1ccc(C2C3=C(CC(C)(C)CC3=O)Nc3c2c(C)nn3-c2ccc(C)cc2)cc1. The molecule has 3 aromatic rings. The summed E-state index contributed by atoms with van der Waals surface area (Å²) in [6.07, 6.45) is 1.39. The van der Waals surface area contributed by atoms with Crippen molar-refractivity contribution in [3.8, 4) is 11.4 Å². The van der Waals surface area contributed by atoms with Gasteiger partial charge in [-0.2, -0.15) is 5.10 Å². The number of ketones is 1. The second-order valence-electron chi connectivity index (χ2n) is 9.76. The topological polar surface area (TPSA) is 56.1 Å². The van der Waals surface area contributed by atoms with Gasteiger partial charge in [0, 0.05) is 29.2 Å². The second kappa shape index (κ2) is 7.37. The number of ether oxygens (including phenoxy) is 1. The lowest BCUT2D eigenvalue weighted by atomic mass is 9.69. The van der Waals surface area contributed by atoms with Crippen LogP contribution < -0.4 is 10.1 Å². The number of Topliss-reactive ketones (excluding diaryl/α,β-unsaturated/α-hetero) is 1. The average Bonchev–Trinajstić information content (AvgIpc) is 3.08. The van der Waals surface area contributed by atoms with Gasteiger partial charge in [0.05, 0.1) is 18.5 Å². The molecule has 2 aliphatic rings. The standard InChI is InChI=1S/C27H29N3O2/c1-16-6-10-19(11-7-16)30-26-23(17(2)29-30)24(18-8-12-20(32-5)13-9-18)25-21(28-26)14-27(3,4)15-22(25)31/h6-13,24,28H,14-15H2,1-5H3. The van der Waals surface area contributed by atoms with Crippen molar-refractivity contribution >= 4 is 11.6 Å². The van der Waals surface area contributed by atoms with Crippen LogP contribution in [0.4, 0.5) is 5.82 Å². The highest BCUT2D eigenvalue weighted by atomic mass is 16.5. The summed E-state index contributed by atoms with van der Waals surface area (Å²) in [5.74, 6) is 1.84. The molecule has 2 heterocycles. The third-order valence-electron chi connectivity index (χ3n) is 6.60. The van der Waals surface area contributed by atoms with Crippen LogP contribution in [0.25, 0.3) is 5.69 Å². The first-order valence-corrected chi connectivity index (χ1v) is 11.1. The smallest absolute Gasteiger partial charge is 0.162 e. The summed E-state index contributed by atoms with van der Waals surface area (Å²) in [4.78, 5) is 13.4. The Kier molecular flexibility index (Phi) is 4.73. The van der Waals surface area contributed by atoms with E-state index in [1.165, 1.54) is 5.56 Å². The number of rotatable bonds is 3. The van der Waals surface area contributed by atoms with Crippen LogP contribution in [0.3, 0.4) is 0 Å². The number of methoxy groups -OCH3 is 1. The quantitative estimate of drug-likeness (QED) is 0.583. The van der Waals surface area contributed by atoms with E-state index in [1.807, 2.05) is 23.7 Å². The van der Waals surface area contributed by atoms with Crippen molar-refractivity contribution < 1.29 is 9.53 Å². The van der Waals surface area contributed by atoms with Crippen molar-refractivity contribution in [1.29, 1.82) is 0 Å². The molecule has 1 aliphatic carbocycles. The molecule has 0 radical (unpaired) electrons. The van der Waals surface area contributed by atoms with E-state index in [1.54, 1.807) is 7.11 Å². The minimum Gasteiger partial charge on any atom is -0.497 e. The maximum atomic E-state index is 13.4. The molecule has 1 N–H and O–H groups in total. The van der Waals surface area contributed by atoms with E-state index in [0.29, 0.717) is 6.42 Å². The molecule has 0 amide bonds. The lowest BCUT2D eigenvalue weighted by molar-refractivity contribution is -0.118. The molecule has 2 aromatic carbocycles. The van der Waals surface area contributed by atoms with Gasteiger partial charge in [-0.25, -0.2) is 4.68 Å². The van der Waals surface area contributed by atoms with Crippen molar-refractivity contribution in [1.82, 2.24) is 9.78 Å². The van der Waals surface area contributed by atoms with E-state index in [0.717, 1.165) is 51.8 Å². The third kappa shape index (κ3) is 3.32. The molecule has 0 saturated carbocycles. The van der Waals surface area contributed by atoms with Gasteiger partial charge < -0.3 is 10.1 Å². The maximum Gasteiger partial charge on any atom is 0.162 e. The number of fused-ring (bicyclic) bond motifs is 1. The molecular weight excluding hydrogens is 398 g/mol. The Hall–Kier alpha value is -3.34. The van der Waals surface area contributed by atoms with Gasteiger partial charge in [-0.1, -0.05) is 43.7 Å². The zero-order valence-corrected chi connectivity index (χ0v) is 19.3. The van der Waals surface area contributed by atoms with E-state index in [-0.39, 0.29) is 17.1 Å². The zero-order valence-electron chi connectivity index (χ0n) is 19.3. The van der Waals surface area contributed by atoms with Crippen molar-refractivity contribution in [3.63, 3.8) is 0 Å². The van der Waals surface area contributed by atoms with Gasteiger partial charge in [-0.3, -0.25) is 4.79 Å². The van der Waals surface area contributed by atoms with Crippen LogP contribution in [-0.2, 0) is 4.79 Å². The molecule has 32 heavy (non-hydrogen) atoms. The molecule has 5 nitrogen and oxygen atoms in total. The van der Waals surface area contributed by atoms with Crippen LogP contribution in [0.2, 0.25) is 0 Å². The average molecular weight is 428 g/mol. The second-order valence-corrected chi connectivity index (χ2v) is 9.76. The molecule has 5 heteroatoms. The van der Waals surface area contributed by atoms with Crippen LogP contribution in [0.5, 0.6) is 5.75 Å². The number of nitrogens with one attached hydrogen (secondary N) is 1. The minimum absolute atomic E-state index is 0.0748. The molecule has 0 fully saturated rings. The van der Waals surface area contributed by atoms with Crippen LogP contribution >= 0.6 is 0 Å². The molecule has 1 atom stereocenters. The number of nitrogens with zero attached hydrogens (tertiary/aromatic N) is 2. The molecule has 0 saturated heterocycles. The van der Waals surface area contributed by atoms with E-state index in [9.17, 15) is 4.79 Å². The third-order valence-corrected chi connectivity index (χ3v) is 6.60. The fraction of sp³-hybridized carbons (Fsp3) is 0.333. The van der Waals surface area contributed by atoms with Crippen LogP contribution in [0, 0.1) is 19.3 Å². The van der Waals surface area contributed by atoms with Crippen LogP contribution in [0.15, 0.2) is 59.8 Å². The predicted octanol–water partition coefficient (Wildman–Crippen LogP) is 5.70. The first kappa shape index (κ1) is 20.6. The molecule has 5 rings (SSSR count). The normalized spacial score (nSPS) is 19.3. The maximum absolute atomic E-state index is 13.4. The number of allylic oxidation sites excluding steroid dienone is 2. The van der Waals surface area contributed by atoms with Crippen molar-refractivity contribution in [2.24, 2.45) is 5.41 Å². The monoisotopic (exact) mass is 427 g/mol. The molecule has 164 valence electrons. The number of carbonyl (C=O) groups is 1. The van der Waals surface area contributed by atoms with Gasteiger partial charge in [0.25, 0.3) is 0 Å². The van der Waals surface area contributed by atoms with Gasteiger partial charge in [0.1, 0.15) is 11.6 Å². The molecule has 0 bridgehead atoms. The molecule has 1 aliphatic heterocycles. The number of hydrogen-bond acceptors (Lipinski definition) is 4. The lowest BCUT2D eigenvalue weighted by Gasteiger charge is -2.38. The van der Waals surface area contributed by atoms with Crippen LogP contribution in [-0.4, -0.2) is 22.7 Å². The minimum atomic E-state index is -0.144. The molecule has 1 aromatic heterocycles. The van der Waals surface area contributed by atoms with Gasteiger partial charge >= 0.3 is 0 Å². The fourth-order valence-corrected chi connectivity index (χ4v) is 5.08. The van der Waals surface area contributed by atoms with Crippen molar-refractivity contribution in [3.05, 3.63) is 82.2 Å². The molecule has 0 spiro atoms. The first-order valence-electron chi connectivity index (χ1n) is 11.1. The molecule has 1 unspecified atom stereocenters.